The van der Waals surface area contributed by atoms with Crippen molar-refractivity contribution in [1.82, 2.24) is 15.0 Å². The van der Waals surface area contributed by atoms with Gasteiger partial charge in [-0.05, 0) is 65.6 Å². The molecule has 0 N–H and O–H groups in total. The largest absolute Gasteiger partial charge is 0.305 e. The van der Waals surface area contributed by atoms with Gasteiger partial charge in [0.2, 0.25) is 0 Å². The average molecular weight is 757 g/mol. The molecule has 0 aliphatic heterocycles. The smallest absolute Gasteiger partial charge is 0.160 e. The van der Waals surface area contributed by atoms with Crippen LogP contribution < -0.4 is 0 Å². The van der Waals surface area contributed by atoms with Crippen LogP contribution in [0.3, 0.4) is 0 Å². The fourth-order valence-corrected chi connectivity index (χ4v) is 5.77. The summed E-state index contributed by atoms with van der Waals surface area (Å²) < 4.78 is 0. The van der Waals surface area contributed by atoms with Crippen LogP contribution in [0.15, 0.2) is 146 Å². The van der Waals surface area contributed by atoms with Gasteiger partial charge >= 0.3 is 0 Å². The monoisotopic (exact) mass is 757 g/mol. The van der Waals surface area contributed by atoms with Crippen LogP contribution in [0.4, 0.5) is 0 Å². The Balaban J connectivity index is 0.00000357. The molecule has 0 aliphatic carbocycles. The Labute approximate surface area is 278 Å². The molecule has 4 heteroatoms. The van der Waals surface area contributed by atoms with Crippen molar-refractivity contribution in [2.45, 2.75) is 13.8 Å². The van der Waals surface area contributed by atoms with E-state index in [1.807, 2.05) is 66.9 Å². The van der Waals surface area contributed by atoms with Crippen LogP contribution in [0.2, 0.25) is 0 Å². The van der Waals surface area contributed by atoms with Gasteiger partial charge in [-0.25, -0.2) is 9.97 Å². The van der Waals surface area contributed by atoms with E-state index < -0.39 is 0 Å². The minimum absolute atomic E-state index is 0. The van der Waals surface area contributed by atoms with Gasteiger partial charge in [0.05, 0.1) is 11.4 Å². The quantitative estimate of drug-likeness (QED) is 0.159. The van der Waals surface area contributed by atoms with E-state index in [2.05, 4.69) is 104 Å². The number of rotatable bonds is 6. The fraction of sp³-hybridized carbons (Fsp3) is 0.0488. The van der Waals surface area contributed by atoms with Crippen molar-refractivity contribution in [1.29, 1.82) is 0 Å². The van der Waals surface area contributed by atoms with E-state index in [1.165, 1.54) is 16.7 Å². The minimum Gasteiger partial charge on any atom is -0.305 e. The zero-order valence-electron chi connectivity index (χ0n) is 25.0. The van der Waals surface area contributed by atoms with Crippen molar-refractivity contribution >= 4 is 0 Å². The van der Waals surface area contributed by atoms with E-state index in [9.17, 15) is 0 Å². The topological polar surface area (TPSA) is 38.7 Å². The number of benzene rings is 5. The normalized spacial score (nSPS) is 10.7. The van der Waals surface area contributed by atoms with E-state index in [0.29, 0.717) is 5.82 Å². The molecule has 0 amide bonds. The van der Waals surface area contributed by atoms with E-state index in [4.69, 9.17) is 9.97 Å². The molecule has 3 nitrogen and oxygen atoms in total. The van der Waals surface area contributed by atoms with Gasteiger partial charge < -0.3 is 4.98 Å². The molecular weight excluding hydrogens is 727 g/mol. The van der Waals surface area contributed by atoms with E-state index in [1.54, 1.807) is 0 Å². The first-order valence-corrected chi connectivity index (χ1v) is 14.8. The van der Waals surface area contributed by atoms with Crippen LogP contribution in [0.5, 0.6) is 0 Å². The molecule has 0 fully saturated rings. The van der Waals surface area contributed by atoms with Gasteiger partial charge in [-0.15, -0.1) is 35.4 Å². The van der Waals surface area contributed by atoms with Gasteiger partial charge in [0.1, 0.15) is 0 Å². The molecule has 0 bridgehead atoms. The molecule has 7 aromatic rings. The van der Waals surface area contributed by atoms with Crippen LogP contribution in [0, 0.1) is 19.9 Å². The van der Waals surface area contributed by atoms with Crippen LogP contribution in [-0.4, -0.2) is 15.0 Å². The summed E-state index contributed by atoms with van der Waals surface area (Å²) in [5.74, 6) is 0.707. The summed E-state index contributed by atoms with van der Waals surface area (Å²) in [6, 6.07) is 51.4. The second-order valence-corrected chi connectivity index (χ2v) is 10.9. The molecule has 1 radical (unpaired) electrons. The summed E-state index contributed by atoms with van der Waals surface area (Å²) in [6.45, 7) is 4.37. The van der Waals surface area contributed by atoms with E-state index in [0.717, 1.165) is 56.0 Å². The molecule has 45 heavy (non-hydrogen) atoms. The van der Waals surface area contributed by atoms with Crippen LogP contribution in [-0.2, 0) is 20.1 Å². The molecule has 219 valence electrons. The Morgan fingerprint density at radius 2 is 1.16 bits per heavy atom. The predicted molar refractivity (Wildman–Crippen MR) is 181 cm³/mol. The number of pyridine rings is 1. The summed E-state index contributed by atoms with van der Waals surface area (Å²) in [7, 11) is 0. The van der Waals surface area contributed by atoms with E-state index >= 15 is 0 Å². The summed E-state index contributed by atoms with van der Waals surface area (Å²) in [6.07, 6.45) is 1.82. The first-order valence-electron chi connectivity index (χ1n) is 14.8. The van der Waals surface area contributed by atoms with Crippen molar-refractivity contribution in [3.63, 3.8) is 0 Å². The molecule has 5 aromatic carbocycles. The zero-order valence-corrected chi connectivity index (χ0v) is 27.4. The SMILES string of the molecule is Cc1cccc(C)c1-c1cc(-c2cc(-c3ccccc3)nc(-c3ccccc3)n2)ccc1-c1cc[c-]c(-c2ccccn2)c1.[Ir]. The van der Waals surface area contributed by atoms with Crippen LogP contribution in [0.25, 0.3) is 67.4 Å². The van der Waals surface area contributed by atoms with Crippen LogP contribution >= 0.6 is 0 Å². The van der Waals surface area contributed by atoms with Crippen LogP contribution in [0.1, 0.15) is 11.1 Å². The maximum absolute atomic E-state index is 5.11. The summed E-state index contributed by atoms with van der Waals surface area (Å²) in [4.78, 5) is 14.7. The second-order valence-electron chi connectivity index (χ2n) is 10.9. The van der Waals surface area contributed by atoms with Gasteiger partial charge in [0, 0.05) is 43.0 Å². The van der Waals surface area contributed by atoms with Crippen molar-refractivity contribution in [2.24, 2.45) is 0 Å². The first-order chi connectivity index (χ1) is 21.6. The molecule has 2 aromatic heterocycles. The minimum atomic E-state index is 0. The molecule has 0 spiro atoms. The standard InChI is InChI=1S/C41H30N3.Ir/c1-28-13-11-14-29(2)40(28)36-26-34(22-23-35(36)32-19-12-20-33(25-32)37-21-9-10-24-42-37)39-27-38(30-15-5-3-6-16-30)43-41(44-39)31-17-7-4-8-18-31;/h3-19,21-27H,1-2H3;/q-1;. The van der Waals surface area contributed by atoms with Gasteiger partial charge in [0.25, 0.3) is 0 Å². The Morgan fingerprint density at radius 1 is 0.489 bits per heavy atom. The molecule has 0 atom stereocenters. The first kappa shape index (κ1) is 30.0. The molecular formula is C41H30IrN3-. The Hall–Kier alpha value is -5.02. The molecule has 0 saturated heterocycles. The van der Waals surface area contributed by atoms with Crippen molar-refractivity contribution in [3.05, 3.63) is 163 Å². The van der Waals surface area contributed by atoms with Crippen molar-refractivity contribution in [3.8, 4) is 67.4 Å². The van der Waals surface area contributed by atoms with E-state index in [-0.39, 0.29) is 20.1 Å². The number of aryl methyl sites for hydroxylation is 2. The third kappa shape index (κ3) is 6.30. The van der Waals surface area contributed by atoms with Crippen molar-refractivity contribution < 1.29 is 20.1 Å². The summed E-state index contributed by atoms with van der Waals surface area (Å²) in [5.41, 5.74) is 13.9. The third-order valence-corrected chi connectivity index (χ3v) is 7.95. The third-order valence-electron chi connectivity index (χ3n) is 7.95. The summed E-state index contributed by atoms with van der Waals surface area (Å²) >= 11 is 0. The molecule has 7 rings (SSSR count). The Morgan fingerprint density at radius 3 is 1.84 bits per heavy atom. The second kappa shape index (κ2) is 13.3. The number of nitrogens with zero attached hydrogens (tertiary/aromatic N) is 3. The van der Waals surface area contributed by atoms with Gasteiger partial charge in [0.15, 0.2) is 5.82 Å². The Kier molecular flexibility index (Phi) is 8.88. The maximum Gasteiger partial charge on any atom is 0.160 e. The predicted octanol–water partition coefficient (Wildman–Crippen LogP) is 10.3. The number of hydrogen-bond acceptors (Lipinski definition) is 3. The van der Waals surface area contributed by atoms with Gasteiger partial charge in [-0.1, -0.05) is 103 Å². The molecule has 0 unspecified atom stereocenters. The fourth-order valence-electron chi connectivity index (χ4n) is 5.77. The zero-order chi connectivity index (χ0) is 29.9. The van der Waals surface area contributed by atoms with Gasteiger partial charge in [-0.3, -0.25) is 0 Å². The number of hydrogen-bond donors (Lipinski definition) is 0. The molecule has 0 aliphatic rings. The summed E-state index contributed by atoms with van der Waals surface area (Å²) in [5, 5.41) is 0. The molecule has 2 heterocycles. The van der Waals surface area contributed by atoms with Crippen molar-refractivity contribution in [2.75, 3.05) is 0 Å². The maximum atomic E-state index is 5.11. The molecule has 0 saturated carbocycles. The number of aromatic nitrogens is 3. The Bertz CT molecular complexity index is 2000. The average Bonchev–Trinajstić information content (AvgIpc) is 3.09. The van der Waals surface area contributed by atoms with Gasteiger partial charge in [-0.2, -0.15) is 0 Å².